The SMILES string of the molecule is CC[C@@H](C)c1c(O)cccc1[C@@H](C)CC. The van der Waals surface area contributed by atoms with E-state index >= 15 is 0 Å². The van der Waals surface area contributed by atoms with Crippen LogP contribution >= 0.6 is 0 Å². The van der Waals surface area contributed by atoms with E-state index in [1.807, 2.05) is 6.07 Å². The third-order valence-electron chi connectivity index (χ3n) is 3.37. The first kappa shape index (κ1) is 12.1. The molecule has 1 heteroatoms. The maximum atomic E-state index is 9.94. The van der Waals surface area contributed by atoms with Gasteiger partial charge >= 0.3 is 0 Å². The summed E-state index contributed by atoms with van der Waals surface area (Å²) in [5.41, 5.74) is 2.46. The van der Waals surface area contributed by atoms with Crippen molar-refractivity contribution in [3.63, 3.8) is 0 Å². The maximum absolute atomic E-state index is 9.94. The van der Waals surface area contributed by atoms with Crippen LogP contribution in [0.5, 0.6) is 5.75 Å². The molecule has 1 aromatic rings. The van der Waals surface area contributed by atoms with E-state index in [0.29, 0.717) is 17.6 Å². The number of benzene rings is 1. The summed E-state index contributed by atoms with van der Waals surface area (Å²) in [4.78, 5) is 0. The lowest BCUT2D eigenvalue weighted by atomic mass is 9.86. The molecule has 0 heterocycles. The van der Waals surface area contributed by atoms with E-state index in [4.69, 9.17) is 0 Å². The number of hydrogen-bond donors (Lipinski definition) is 1. The lowest BCUT2D eigenvalue weighted by molar-refractivity contribution is 0.458. The Labute approximate surface area is 93.1 Å². The molecule has 0 radical (unpaired) electrons. The average molecular weight is 206 g/mol. The quantitative estimate of drug-likeness (QED) is 0.773. The first-order valence-electron chi connectivity index (χ1n) is 5.93. The van der Waals surface area contributed by atoms with Crippen molar-refractivity contribution in [2.75, 3.05) is 0 Å². The molecule has 0 bridgehead atoms. The van der Waals surface area contributed by atoms with Crippen molar-refractivity contribution >= 4 is 0 Å². The van der Waals surface area contributed by atoms with Crippen LogP contribution in [0.25, 0.3) is 0 Å². The van der Waals surface area contributed by atoms with E-state index in [1.54, 1.807) is 6.07 Å². The molecule has 0 aliphatic carbocycles. The molecule has 0 unspecified atom stereocenters. The van der Waals surface area contributed by atoms with Crippen LogP contribution in [0.1, 0.15) is 63.5 Å². The van der Waals surface area contributed by atoms with Crippen LogP contribution in [0.15, 0.2) is 18.2 Å². The first-order valence-corrected chi connectivity index (χ1v) is 5.93. The van der Waals surface area contributed by atoms with Crippen LogP contribution in [0.4, 0.5) is 0 Å². The molecular formula is C14H22O. The van der Waals surface area contributed by atoms with Gasteiger partial charge in [0.25, 0.3) is 0 Å². The summed E-state index contributed by atoms with van der Waals surface area (Å²) in [7, 11) is 0. The maximum Gasteiger partial charge on any atom is 0.119 e. The number of rotatable bonds is 4. The molecule has 2 atom stereocenters. The Morgan fingerprint density at radius 1 is 1.07 bits per heavy atom. The van der Waals surface area contributed by atoms with Gasteiger partial charge in [0.15, 0.2) is 0 Å². The van der Waals surface area contributed by atoms with Crippen molar-refractivity contribution in [2.45, 2.75) is 52.4 Å². The second kappa shape index (κ2) is 5.20. The number of aromatic hydroxyl groups is 1. The molecule has 1 nitrogen and oxygen atoms in total. The molecule has 1 aromatic carbocycles. The lowest BCUT2D eigenvalue weighted by Gasteiger charge is -2.20. The highest BCUT2D eigenvalue weighted by Gasteiger charge is 2.16. The van der Waals surface area contributed by atoms with Crippen LogP contribution < -0.4 is 0 Å². The van der Waals surface area contributed by atoms with Gasteiger partial charge in [0.05, 0.1) is 0 Å². The van der Waals surface area contributed by atoms with Crippen LogP contribution in [0, 0.1) is 0 Å². The molecule has 0 amide bonds. The fraction of sp³-hybridized carbons (Fsp3) is 0.571. The Bertz CT molecular complexity index is 317. The molecule has 1 rings (SSSR count). The Morgan fingerprint density at radius 2 is 1.67 bits per heavy atom. The third-order valence-corrected chi connectivity index (χ3v) is 3.37. The molecule has 0 saturated carbocycles. The smallest absolute Gasteiger partial charge is 0.119 e. The van der Waals surface area contributed by atoms with E-state index in [0.717, 1.165) is 18.4 Å². The fourth-order valence-electron chi connectivity index (χ4n) is 1.96. The predicted molar refractivity (Wildman–Crippen MR) is 65.5 cm³/mol. The van der Waals surface area contributed by atoms with Crippen molar-refractivity contribution < 1.29 is 5.11 Å². The van der Waals surface area contributed by atoms with Gasteiger partial charge in [-0.05, 0) is 36.3 Å². The zero-order chi connectivity index (χ0) is 11.4. The van der Waals surface area contributed by atoms with Gasteiger partial charge in [0, 0.05) is 5.56 Å². The van der Waals surface area contributed by atoms with Crippen molar-refractivity contribution in [3.8, 4) is 5.75 Å². The summed E-state index contributed by atoms with van der Waals surface area (Å²) < 4.78 is 0. The first-order chi connectivity index (χ1) is 7.11. The Balaban J connectivity index is 3.19. The van der Waals surface area contributed by atoms with Gasteiger partial charge in [-0.3, -0.25) is 0 Å². The second-order valence-electron chi connectivity index (χ2n) is 4.40. The third kappa shape index (κ3) is 2.53. The Kier molecular flexibility index (Phi) is 4.19. The van der Waals surface area contributed by atoms with E-state index < -0.39 is 0 Å². The normalized spacial score (nSPS) is 14.9. The van der Waals surface area contributed by atoms with Crippen molar-refractivity contribution in [1.82, 2.24) is 0 Å². The summed E-state index contributed by atoms with van der Waals surface area (Å²) in [6, 6.07) is 5.89. The van der Waals surface area contributed by atoms with Crippen molar-refractivity contribution in [3.05, 3.63) is 29.3 Å². The van der Waals surface area contributed by atoms with E-state index in [-0.39, 0.29) is 0 Å². The van der Waals surface area contributed by atoms with E-state index in [2.05, 4.69) is 33.8 Å². The van der Waals surface area contributed by atoms with Gasteiger partial charge in [-0.1, -0.05) is 39.8 Å². The zero-order valence-electron chi connectivity index (χ0n) is 10.2. The minimum atomic E-state index is 0.440. The second-order valence-corrected chi connectivity index (χ2v) is 4.40. The van der Waals surface area contributed by atoms with Gasteiger partial charge < -0.3 is 5.11 Å². The monoisotopic (exact) mass is 206 g/mol. The minimum absolute atomic E-state index is 0.440. The minimum Gasteiger partial charge on any atom is -0.508 e. The molecule has 0 aromatic heterocycles. The predicted octanol–water partition coefficient (Wildman–Crippen LogP) is 4.42. The molecule has 0 aliphatic heterocycles. The number of hydrogen-bond acceptors (Lipinski definition) is 1. The van der Waals surface area contributed by atoms with E-state index in [1.165, 1.54) is 5.56 Å². The average Bonchev–Trinajstić information content (AvgIpc) is 2.26. The van der Waals surface area contributed by atoms with E-state index in [9.17, 15) is 5.11 Å². The molecule has 84 valence electrons. The largest absolute Gasteiger partial charge is 0.508 e. The lowest BCUT2D eigenvalue weighted by Crippen LogP contribution is -2.02. The van der Waals surface area contributed by atoms with Gasteiger partial charge in [-0.2, -0.15) is 0 Å². The van der Waals surface area contributed by atoms with Gasteiger partial charge in [-0.25, -0.2) is 0 Å². The summed E-state index contributed by atoms with van der Waals surface area (Å²) in [6.07, 6.45) is 2.19. The highest BCUT2D eigenvalue weighted by Crippen LogP contribution is 2.35. The van der Waals surface area contributed by atoms with Crippen molar-refractivity contribution in [1.29, 1.82) is 0 Å². The summed E-state index contributed by atoms with van der Waals surface area (Å²) in [6.45, 7) is 8.76. The molecule has 0 spiro atoms. The molecule has 15 heavy (non-hydrogen) atoms. The highest BCUT2D eigenvalue weighted by molar-refractivity contribution is 5.43. The van der Waals surface area contributed by atoms with Crippen molar-refractivity contribution in [2.24, 2.45) is 0 Å². The van der Waals surface area contributed by atoms with Crippen LogP contribution in [0.2, 0.25) is 0 Å². The van der Waals surface area contributed by atoms with Crippen LogP contribution in [-0.4, -0.2) is 5.11 Å². The highest BCUT2D eigenvalue weighted by atomic mass is 16.3. The molecule has 0 fully saturated rings. The topological polar surface area (TPSA) is 20.2 Å². The fourth-order valence-corrected chi connectivity index (χ4v) is 1.96. The summed E-state index contributed by atoms with van der Waals surface area (Å²) in [5, 5.41) is 9.94. The van der Waals surface area contributed by atoms with Crippen LogP contribution in [-0.2, 0) is 0 Å². The Hall–Kier alpha value is -0.980. The molecule has 0 saturated heterocycles. The van der Waals surface area contributed by atoms with Gasteiger partial charge in [0.1, 0.15) is 5.75 Å². The zero-order valence-corrected chi connectivity index (χ0v) is 10.2. The molecule has 0 aliphatic rings. The summed E-state index contributed by atoms with van der Waals surface area (Å²) in [5.74, 6) is 1.43. The van der Waals surface area contributed by atoms with Gasteiger partial charge in [-0.15, -0.1) is 0 Å². The standard InChI is InChI=1S/C14H22O/c1-5-10(3)12-8-7-9-13(15)14(12)11(4)6-2/h7-11,15H,5-6H2,1-4H3/t10-,11+/m0/s1. The molecule has 1 N–H and O–H groups in total. The summed E-state index contributed by atoms with van der Waals surface area (Å²) >= 11 is 0. The van der Waals surface area contributed by atoms with Gasteiger partial charge in [0.2, 0.25) is 0 Å². The van der Waals surface area contributed by atoms with Crippen LogP contribution in [0.3, 0.4) is 0 Å². The molecular weight excluding hydrogens is 184 g/mol. The number of phenolic OH excluding ortho intramolecular Hbond substituents is 1. The Morgan fingerprint density at radius 3 is 2.20 bits per heavy atom. The number of phenols is 1.